The van der Waals surface area contributed by atoms with Gasteiger partial charge in [-0.2, -0.15) is 0 Å². The van der Waals surface area contributed by atoms with Gasteiger partial charge >= 0.3 is 0 Å². The maximum atomic E-state index is 12.4. The molecule has 0 aromatic heterocycles. The van der Waals surface area contributed by atoms with Gasteiger partial charge in [-0.25, -0.2) is 0 Å². The second-order valence-corrected chi connectivity index (χ2v) is 6.46. The SMILES string of the molecule is COCCN(C)C(=O)C[C@H]1C(=O)NCCN1C/C=C/c1ccccc1OC. The molecule has 0 saturated carbocycles. The van der Waals surface area contributed by atoms with Crippen molar-refractivity contribution in [3.63, 3.8) is 0 Å². The van der Waals surface area contributed by atoms with Crippen molar-refractivity contribution in [2.24, 2.45) is 0 Å². The van der Waals surface area contributed by atoms with Crippen molar-refractivity contribution in [2.75, 3.05) is 54.1 Å². The van der Waals surface area contributed by atoms with Gasteiger partial charge in [-0.15, -0.1) is 0 Å². The van der Waals surface area contributed by atoms with Crippen molar-refractivity contribution in [1.29, 1.82) is 0 Å². The van der Waals surface area contributed by atoms with E-state index in [1.165, 1.54) is 0 Å². The molecular weight excluding hydrogens is 346 g/mol. The second-order valence-electron chi connectivity index (χ2n) is 6.46. The van der Waals surface area contributed by atoms with Crippen LogP contribution in [0.2, 0.25) is 0 Å². The number of rotatable bonds is 9. The van der Waals surface area contributed by atoms with Crippen LogP contribution in [0.4, 0.5) is 0 Å². The predicted octanol–water partition coefficient (Wildman–Crippen LogP) is 1.00. The summed E-state index contributed by atoms with van der Waals surface area (Å²) in [5.41, 5.74) is 0.980. The van der Waals surface area contributed by atoms with Crippen molar-refractivity contribution in [3.05, 3.63) is 35.9 Å². The number of hydrogen-bond acceptors (Lipinski definition) is 5. The molecule has 1 aliphatic rings. The number of carbonyl (C=O) groups excluding carboxylic acids is 2. The van der Waals surface area contributed by atoms with Gasteiger partial charge in [-0.3, -0.25) is 14.5 Å². The Kier molecular flexibility index (Phi) is 8.29. The maximum Gasteiger partial charge on any atom is 0.237 e. The summed E-state index contributed by atoms with van der Waals surface area (Å²) in [4.78, 5) is 28.4. The van der Waals surface area contributed by atoms with Gasteiger partial charge in [0, 0.05) is 45.9 Å². The molecule has 0 unspecified atom stereocenters. The van der Waals surface area contributed by atoms with Gasteiger partial charge < -0.3 is 19.7 Å². The molecule has 0 radical (unpaired) electrons. The van der Waals surface area contributed by atoms with E-state index in [0.717, 1.165) is 11.3 Å². The normalized spacial score (nSPS) is 17.7. The van der Waals surface area contributed by atoms with E-state index < -0.39 is 6.04 Å². The zero-order chi connectivity index (χ0) is 19.6. The van der Waals surface area contributed by atoms with E-state index in [-0.39, 0.29) is 18.2 Å². The third kappa shape index (κ3) is 6.08. The molecule has 1 atom stereocenters. The average Bonchev–Trinajstić information content (AvgIpc) is 2.68. The first-order valence-corrected chi connectivity index (χ1v) is 9.11. The van der Waals surface area contributed by atoms with Crippen LogP contribution in [0.15, 0.2) is 30.3 Å². The van der Waals surface area contributed by atoms with E-state index in [9.17, 15) is 9.59 Å². The van der Waals surface area contributed by atoms with E-state index in [1.807, 2.05) is 41.3 Å². The molecule has 1 aromatic carbocycles. The third-order valence-electron chi connectivity index (χ3n) is 4.64. The minimum absolute atomic E-state index is 0.0622. The number of carbonyl (C=O) groups is 2. The number of likely N-dealkylation sites (N-methyl/N-ethyl adjacent to an activating group) is 1. The summed E-state index contributed by atoms with van der Waals surface area (Å²) in [5.74, 6) is 0.643. The third-order valence-corrected chi connectivity index (χ3v) is 4.64. The van der Waals surface area contributed by atoms with Gasteiger partial charge in [0.25, 0.3) is 0 Å². The van der Waals surface area contributed by atoms with Crippen molar-refractivity contribution in [1.82, 2.24) is 15.1 Å². The van der Waals surface area contributed by atoms with Gasteiger partial charge in [0.05, 0.1) is 26.2 Å². The smallest absolute Gasteiger partial charge is 0.237 e. The van der Waals surface area contributed by atoms with E-state index in [4.69, 9.17) is 9.47 Å². The molecule has 7 heteroatoms. The lowest BCUT2D eigenvalue weighted by molar-refractivity contribution is -0.138. The summed E-state index contributed by atoms with van der Waals surface area (Å²) in [5, 5.41) is 2.86. The largest absolute Gasteiger partial charge is 0.496 e. The standard InChI is InChI=1S/C20H29N3O4/c1-22(13-14-26-2)19(24)15-17-20(25)21-10-12-23(17)11-6-8-16-7-4-5-9-18(16)27-3/h4-9,17H,10-15H2,1-3H3,(H,21,25)/b8-6+/t17-/m0/s1. The molecular formula is C20H29N3O4. The van der Waals surface area contributed by atoms with Crippen molar-refractivity contribution >= 4 is 17.9 Å². The molecule has 1 aromatic rings. The molecule has 0 spiro atoms. The zero-order valence-corrected chi connectivity index (χ0v) is 16.3. The van der Waals surface area contributed by atoms with Gasteiger partial charge in [0.1, 0.15) is 5.75 Å². The summed E-state index contributed by atoms with van der Waals surface area (Å²) in [6.07, 6.45) is 4.14. The number of ether oxygens (including phenoxy) is 2. The molecule has 1 fully saturated rings. The van der Waals surface area contributed by atoms with Gasteiger partial charge in [-0.05, 0) is 6.07 Å². The first-order valence-electron chi connectivity index (χ1n) is 9.11. The van der Waals surface area contributed by atoms with Crippen LogP contribution in [0.3, 0.4) is 0 Å². The second kappa shape index (κ2) is 10.7. The van der Waals surface area contributed by atoms with Crippen LogP contribution in [0.1, 0.15) is 12.0 Å². The van der Waals surface area contributed by atoms with Crippen LogP contribution in [-0.2, 0) is 14.3 Å². The average molecular weight is 375 g/mol. The van der Waals surface area contributed by atoms with E-state index in [2.05, 4.69) is 5.32 Å². The number of methoxy groups -OCH3 is 2. The minimum Gasteiger partial charge on any atom is -0.496 e. The van der Waals surface area contributed by atoms with Crippen molar-refractivity contribution in [2.45, 2.75) is 12.5 Å². The van der Waals surface area contributed by atoms with Crippen LogP contribution in [0, 0.1) is 0 Å². The van der Waals surface area contributed by atoms with Crippen LogP contribution in [0.5, 0.6) is 5.75 Å². The number of benzene rings is 1. The number of piperazine rings is 1. The quantitative estimate of drug-likeness (QED) is 0.697. The minimum atomic E-state index is -0.460. The Hall–Kier alpha value is -2.38. The van der Waals surface area contributed by atoms with Gasteiger partial charge in [-0.1, -0.05) is 30.4 Å². The molecule has 27 heavy (non-hydrogen) atoms. The fourth-order valence-electron chi connectivity index (χ4n) is 3.00. The van der Waals surface area contributed by atoms with Crippen LogP contribution < -0.4 is 10.1 Å². The fourth-order valence-corrected chi connectivity index (χ4v) is 3.00. The summed E-state index contributed by atoms with van der Waals surface area (Å²) in [6.45, 7) is 2.88. The lowest BCUT2D eigenvalue weighted by Gasteiger charge is -2.34. The molecule has 2 rings (SSSR count). The summed E-state index contributed by atoms with van der Waals surface area (Å²) in [7, 11) is 4.97. The van der Waals surface area contributed by atoms with Gasteiger partial charge in [0.15, 0.2) is 0 Å². The predicted molar refractivity (Wildman–Crippen MR) is 105 cm³/mol. The molecule has 1 heterocycles. The van der Waals surface area contributed by atoms with Crippen LogP contribution in [0.25, 0.3) is 6.08 Å². The Labute approximate surface area is 160 Å². The lowest BCUT2D eigenvalue weighted by atomic mass is 10.1. The Morgan fingerprint density at radius 1 is 1.37 bits per heavy atom. The summed E-state index contributed by atoms with van der Waals surface area (Å²) < 4.78 is 10.4. The molecule has 0 aliphatic carbocycles. The van der Waals surface area contributed by atoms with E-state index >= 15 is 0 Å². The monoisotopic (exact) mass is 375 g/mol. The highest BCUT2D eigenvalue weighted by Gasteiger charge is 2.31. The molecule has 7 nitrogen and oxygen atoms in total. The first kappa shape index (κ1) is 20.9. The van der Waals surface area contributed by atoms with Crippen molar-refractivity contribution < 1.29 is 19.1 Å². The number of para-hydroxylation sites is 1. The van der Waals surface area contributed by atoms with Gasteiger partial charge in [0.2, 0.25) is 11.8 Å². The molecule has 148 valence electrons. The fraction of sp³-hybridized carbons (Fsp3) is 0.500. The molecule has 2 amide bonds. The van der Waals surface area contributed by atoms with Crippen molar-refractivity contribution in [3.8, 4) is 5.75 Å². The van der Waals surface area contributed by atoms with E-state index in [0.29, 0.717) is 32.8 Å². The molecule has 1 aliphatic heterocycles. The number of hydrogen-bond donors (Lipinski definition) is 1. The Morgan fingerprint density at radius 3 is 2.89 bits per heavy atom. The molecule has 1 saturated heterocycles. The van der Waals surface area contributed by atoms with Crippen LogP contribution >= 0.6 is 0 Å². The van der Waals surface area contributed by atoms with E-state index in [1.54, 1.807) is 26.2 Å². The number of nitrogens with zero attached hydrogens (tertiary/aromatic N) is 2. The lowest BCUT2D eigenvalue weighted by Crippen LogP contribution is -2.56. The van der Waals surface area contributed by atoms with Crippen LogP contribution in [-0.4, -0.2) is 81.7 Å². The zero-order valence-electron chi connectivity index (χ0n) is 16.3. The number of nitrogens with one attached hydrogen (secondary N) is 1. The Balaban J connectivity index is 1.99. The first-order chi connectivity index (χ1) is 13.1. The highest BCUT2D eigenvalue weighted by Crippen LogP contribution is 2.19. The maximum absolute atomic E-state index is 12.4. The summed E-state index contributed by atoms with van der Waals surface area (Å²) >= 11 is 0. The Morgan fingerprint density at radius 2 is 2.15 bits per heavy atom. The molecule has 1 N–H and O–H groups in total. The highest BCUT2D eigenvalue weighted by atomic mass is 16.5. The number of amides is 2. The highest BCUT2D eigenvalue weighted by molar-refractivity contribution is 5.88. The topological polar surface area (TPSA) is 71.1 Å². The Bertz CT molecular complexity index is 662. The summed E-state index contributed by atoms with van der Waals surface area (Å²) in [6, 6.07) is 7.30. The molecule has 0 bridgehead atoms.